The smallest absolute Gasteiger partial charge is 0.377 e. The van der Waals surface area contributed by atoms with Crippen LogP contribution in [0.1, 0.15) is 27.2 Å². The number of rotatable bonds is 9. The van der Waals surface area contributed by atoms with Gasteiger partial charge in [-0.25, -0.2) is 9.78 Å². The van der Waals surface area contributed by atoms with Gasteiger partial charge in [-0.3, -0.25) is 4.79 Å². The quantitative estimate of drug-likeness (QED) is 0.217. The van der Waals surface area contributed by atoms with Crippen LogP contribution >= 0.6 is 11.6 Å². The van der Waals surface area contributed by atoms with Crippen molar-refractivity contribution in [3.05, 3.63) is 125 Å². The first kappa shape index (κ1) is 26.9. The number of imidazole rings is 1. The number of halogens is 1. The van der Waals surface area contributed by atoms with Crippen LogP contribution in [0.2, 0.25) is 5.02 Å². The molecule has 0 saturated carbocycles. The number of hydrogen-bond donors (Lipinski definition) is 2. The molecule has 2 aromatic heterocycles. The van der Waals surface area contributed by atoms with Gasteiger partial charge >= 0.3 is 11.9 Å². The highest BCUT2D eigenvalue weighted by molar-refractivity contribution is 6.30. The fourth-order valence-electron chi connectivity index (χ4n) is 4.42. The first-order valence-electron chi connectivity index (χ1n) is 12.5. The van der Waals surface area contributed by atoms with E-state index in [1.165, 1.54) is 17.2 Å². The van der Waals surface area contributed by atoms with Crippen molar-refractivity contribution in [3.63, 3.8) is 0 Å². The number of benzene rings is 3. The lowest BCUT2D eigenvalue weighted by Crippen LogP contribution is -2.43. The lowest BCUT2D eigenvalue weighted by atomic mass is 10.0. The average Bonchev–Trinajstić information content (AvgIpc) is 3.36. The number of aryl methyl sites for hydroxylation is 1. The number of phenols is 1. The highest BCUT2D eigenvalue weighted by Crippen LogP contribution is 2.24. The van der Waals surface area contributed by atoms with E-state index < -0.39 is 18.0 Å². The van der Waals surface area contributed by atoms with Gasteiger partial charge in [0, 0.05) is 23.8 Å². The molecule has 0 amide bonds. The Hall–Kier alpha value is -4.66. The van der Waals surface area contributed by atoms with Crippen LogP contribution in [0.15, 0.2) is 97.3 Å². The molecule has 0 bridgehead atoms. The van der Waals surface area contributed by atoms with E-state index in [0.717, 1.165) is 22.3 Å². The van der Waals surface area contributed by atoms with Crippen LogP contribution in [0, 0.1) is 6.92 Å². The monoisotopic (exact) mass is 555 g/mol. The number of nitrogens with zero attached hydrogens (tertiary/aromatic N) is 3. The molecule has 0 aliphatic rings. The Kier molecular flexibility index (Phi) is 7.82. The van der Waals surface area contributed by atoms with Crippen LogP contribution in [-0.2, 0) is 22.6 Å². The molecule has 40 heavy (non-hydrogen) atoms. The highest BCUT2D eigenvalue weighted by atomic mass is 35.5. The minimum Gasteiger partial charge on any atom is -0.508 e. The fourth-order valence-corrected chi connectivity index (χ4v) is 4.55. The van der Waals surface area contributed by atoms with E-state index in [1.807, 2.05) is 55.5 Å². The summed E-state index contributed by atoms with van der Waals surface area (Å²) in [7, 11) is 0. The molecule has 0 radical (unpaired) electrons. The molecular weight excluding hydrogens is 530 g/mol. The topological polar surface area (TPSA) is 104 Å². The zero-order valence-corrected chi connectivity index (χ0v) is 22.3. The van der Waals surface area contributed by atoms with Gasteiger partial charge in [0.2, 0.25) is 0 Å². The van der Waals surface area contributed by atoms with Gasteiger partial charge in [0.05, 0.1) is 6.54 Å². The molecule has 0 aliphatic heterocycles. The number of aromatic nitrogens is 2. The molecule has 0 saturated heterocycles. The predicted octanol–water partition coefficient (Wildman–Crippen LogP) is 5.94. The van der Waals surface area contributed by atoms with Gasteiger partial charge in [0.1, 0.15) is 17.4 Å². The second kappa shape index (κ2) is 11.6. The molecule has 0 aliphatic carbocycles. The van der Waals surface area contributed by atoms with Crippen LogP contribution in [0.4, 0.5) is 0 Å². The molecule has 2 heterocycles. The SMILES string of the molecule is Cc1cccc(CN(OC(=O)c2cn3ccc(-c4ccc(Cl)cc4)cc3n2)[C@@H](Cc2ccc(O)cc2)C(=O)O)c1. The molecule has 9 heteroatoms. The Morgan fingerprint density at radius 3 is 2.42 bits per heavy atom. The number of carboxylic acid groups (broad SMARTS) is 1. The molecule has 5 aromatic rings. The van der Waals surface area contributed by atoms with Gasteiger partial charge in [0.25, 0.3) is 0 Å². The van der Waals surface area contributed by atoms with Crippen molar-refractivity contribution in [1.29, 1.82) is 0 Å². The van der Waals surface area contributed by atoms with Crippen molar-refractivity contribution < 1.29 is 24.6 Å². The van der Waals surface area contributed by atoms with Crippen molar-refractivity contribution in [1.82, 2.24) is 14.4 Å². The summed E-state index contributed by atoms with van der Waals surface area (Å²) in [6.45, 7) is 1.98. The van der Waals surface area contributed by atoms with Gasteiger partial charge in [-0.1, -0.05) is 65.7 Å². The maximum Gasteiger partial charge on any atom is 0.377 e. The molecule has 1 atom stereocenters. The maximum absolute atomic E-state index is 13.3. The van der Waals surface area contributed by atoms with E-state index >= 15 is 0 Å². The molecule has 0 unspecified atom stereocenters. The first-order valence-corrected chi connectivity index (χ1v) is 12.9. The molecular formula is C31H26ClN3O5. The lowest BCUT2D eigenvalue weighted by molar-refractivity contribution is -0.175. The summed E-state index contributed by atoms with van der Waals surface area (Å²) in [5, 5.41) is 21.6. The lowest BCUT2D eigenvalue weighted by Gasteiger charge is -2.27. The normalized spacial score (nSPS) is 12.0. The van der Waals surface area contributed by atoms with Gasteiger partial charge in [-0.05, 0) is 65.6 Å². The number of aromatic hydroxyl groups is 1. The van der Waals surface area contributed by atoms with Crippen molar-refractivity contribution >= 4 is 29.2 Å². The van der Waals surface area contributed by atoms with Gasteiger partial charge in [0.15, 0.2) is 5.69 Å². The van der Waals surface area contributed by atoms with E-state index in [4.69, 9.17) is 16.4 Å². The number of carbonyl (C=O) groups is 2. The molecule has 0 spiro atoms. The molecule has 202 valence electrons. The third-order valence-electron chi connectivity index (χ3n) is 6.47. The molecule has 0 fully saturated rings. The van der Waals surface area contributed by atoms with E-state index in [-0.39, 0.29) is 24.4 Å². The summed E-state index contributed by atoms with van der Waals surface area (Å²) in [6, 6.07) is 23.7. The highest BCUT2D eigenvalue weighted by Gasteiger charge is 2.31. The second-order valence-corrected chi connectivity index (χ2v) is 9.92. The Morgan fingerprint density at radius 1 is 0.975 bits per heavy atom. The number of hydrogen-bond acceptors (Lipinski definition) is 6. The third kappa shape index (κ3) is 6.31. The number of phenolic OH excluding ortho intramolecular Hbond substituents is 1. The van der Waals surface area contributed by atoms with E-state index in [9.17, 15) is 19.8 Å². The number of hydroxylamine groups is 2. The second-order valence-electron chi connectivity index (χ2n) is 9.48. The Bertz CT molecular complexity index is 1670. The van der Waals surface area contributed by atoms with E-state index in [2.05, 4.69) is 4.98 Å². The maximum atomic E-state index is 13.3. The van der Waals surface area contributed by atoms with Gasteiger partial charge < -0.3 is 19.5 Å². The van der Waals surface area contributed by atoms with Crippen LogP contribution in [0.3, 0.4) is 0 Å². The first-order chi connectivity index (χ1) is 19.2. The predicted molar refractivity (Wildman–Crippen MR) is 151 cm³/mol. The van der Waals surface area contributed by atoms with Crippen LogP contribution < -0.4 is 0 Å². The Labute approximate surface area is 235 Å². The van der Waals surface area contributed by atoms with Gasteiger partial charge in [-0.2, -0.15) is 0 Å². The minimum absolute atomic E-state index is 0.0382. The Morgan fingerprint density at radius 2 is 1.73 bits per heavy atom. The fraction of sp³-hybridized carbons (Fsp3) is 0.129. The summed E-state index contributed by atoms with van der Waals surface area (Å²) in [5.41, 5.74) is 4.86. The van der Waals surface area contributed by atoms with Crippen LogP contribution in [0.5, 0.6) is 5.75 Å². The number of aliphatic carboxylic acids is 1. The molecule has 2 N–H and O–H groups in total. The standard InChI is InChI=1S/C31H26ClN3O5/c1-20-3-2-4-22(15-20)18-35(28(30(37)38)16-21-5-11-26(36)12-6-21)40-31(39)27-19-34-14-13-24(17-29(34)33-27)23-7-9-25(32)10-8-23/h2-15,17,19,28,36H,16,18H2,1H3,(H,37,38)/t28-/m0/s1. The molecule has 8 nitrogen and oxygen atoms in total. The minimum atomic E-state index is -1.19. The molecule has 3 aromatic carbocycles. The van der Waals surface area contributed by atoms with Crippen molar-refractivity contribution in [2.75, 3.05) is 0 Å². The van der Waals surface area contributed by atoms with Crippen molar-refractivity contribution in [2.24, 2.45) is 0 Å². The molecule has 5 rings (SSSR count). The summed E-state index contributed by atoms with van der Waals surface area (Å²) in [5.74, 6) is -1.86. The number of fused-ring (bicyclic) bond motifs is 1. The van der Waals surface area contributed by atoms with Crippen molar-refractivity contribution in [2.45, 2.75) is 25.9 Å². The summed E-state index contributed by atoms with van der Waals surface area (Å²) in [4.78, 5) is 35.9. The van der Waals surface area contributed by atoms with E-state index in [0.29, 0.717) is 16.2 Å². The Balaban J connectivity index is 1.43. The number of carbonyl (C=O) groups excluding carboxylic acids is 1. The van der Waals surface area contributed by atoms with E-state index in [1.54, 1.807) is 41.1 Å². The van der Waals surface area contributed by atoms with Crippen LogP contribution in [-0.4, -0.2) is 42.6 Å². The third-order valence-corrected chi connectivity index (χ3v) is 6.72. The zero-order valence-electron chi connectivity index (χ0n) is 21.6. The largest absolute Gasteiger partial charge is 0.508 e. The summed E-state index contributed by atoms with van der Waals surface area (Å²) in [6.07, 6.45) is 3.38. The summed E-state index contributed by atoms with van der Waals surface area (Å²) >= 11 is 6.01. The zero-order chi connectivity index (χ0) is 28.2. The number of pyridine rings is 1. The van der Waals surface area contributed by atoms with Crippen LogP contribution in [0.25, 0.3) is 16.8 Å². The van der Waals surface area contributed by atoms with Gasteiger partial charge in [-0.15, -0.1) is 5.06 Å². The summed E-state index contributed by atoms with van der Waals surface area (Å²) < 4.78 is 1.70. The number of carboxylic acids is 1. The van der Waals surface area contributed by atoms with Crippen molar-refractivity contribution in [3.8, 4) is 16.9 Å². The average molecular weight is 556 g/mol.